The third-order valence-corrected chi connectivity index (χ3v) is 4.28. The smallest absolute Gasteiger partial charge is 0.337 e. The normalized spacial score (nSPS) is 12.8. The van der Waals surface area contributed by atoms with Gasteiger partial charge in [0.1, 0.15) is 5.75 Å². The van der Waals surface area contributed by atoms with E-state index in [4.69, 9.17) is 4.74 Å². The highest BCUT2D eigenvalue weighted by molar-refractivity contribution is 5.94. The number of esters is 1. The average Bonchev–Trinajstić information content (AvgIpc) is 3.56. The molecule has 0 aromatic heterocycles. The third-order valence-electron chi connectivity index (χ3n) is 4.28. The van der Waals surface area contributed by atoms with Crippen LogP contribution < -0.4 is 15.4 Å². The summed E-state index contributed by atoms with van der Waals surface area (Å²) in [6.07, 6.45) is 1.88. The van der Waals surface area contributed by atoms with E-state index >= 15 is 0 Å². The summed E-state index contributed by atoms with van der Waals surface area (Å²) in [4.78, 5) is 35.2. The van der Waals surface area contributed by atoms with Gasteiger partial charge in [0.2, 0.25) is 5.91 Å². The van der Waals surface area contributed by atoms with Crippen LogP contribution in [0, 0.1) is 5.92 Å². The van der Waals surface area contributed by atoms with Crippen molar-refractivity contribution < 1.29 is 23.9 Å². The lowest BCUT2D eigenvalue weighted by atomic mass is 10.1. The van der Waals surface area contributed by atoms with Gasteiger partial charge >= 0.3 is 5.97 Å². The minimum atomic E-state index is -0.403. The number of benzene rings is 2. The Kier molecular flexibility index (Phi) is 6.26. The minimum absolute atomic E-state index is 0.0214. The predicted octanol–water partition coefficient (Wildman–Crippen LogP) is 2.52. The molecule has 2 aromatic carbocycles. The fourth-order valence-electron chi connectivity index (χ4n) is 2.53. The van der Waals surface area contributed by atoms with Crippen LogP contribution >= 0.6 is 0 Å². The Balaban J connectivity index is 1.44. The molecule has 0 atom stereocenters. The summed E-state index contributed by atoms with van der Waals surface area (Å²) in [6.45, 7) is 0.182. The molecule has 1 aliphatic rings. The van der Waals surface area contributed by atoms with Crippen molar-refractivity contribution in [2.24, 2.45) is 5.92 Å². The second-order valence-corrected chi connectivity index (χ2v) is 6.55. The quantitative estimate of drug-likeness (QED) is 0.684. The van der Waals surface area contributed by atoms with Crippen LogP contribution in [0.15, 0.2) is 48.5 Å². The van der Waals surface area contributed by atoms with Gasteiger partial charge in [-0.05, 0) is 42.7 Å². The summed E-state index contributed by atoms with van der Waals surface area (Å²) < 4.78 is 10.1. The summed E-state index contributed by atoms with van der Waals surface area (Å²) in [5.74, 6) is -0.0275. The van der Waals surface area contributed by atoms with Gasteiger partial charge in [-0.3, -0.25) is 9.59 Å². The van der Waals surface area contributed by atoms with Crippen molar-refractivity contribution in [1.82, 2.24) is 5.32 Å². The maximum absolute atomic E-state index is 12.0. The van der Waals surface area contributed by atoms with Gasteiger partial charge in [-0.25, -0.2) is 4.79 Å². The zero-order chi connectivity index (χ0) is 19.9. The van der Waals surface area contributed by atoms with Crippen LogP contribution in [0.4, 0.5) is 5.69 Å². The van der Waals surface area contributed by atoms with Gasteiger partial charge in [-0.2, -0.15) is 0 Å². The van der Waals surface area contributed by atoms with Crippen molar-refractivity contribution in [3.05, 3.63) is 59.7 Å². The number of methoxy groups -OCH3 is 1. The van der Waals surface area contributed by atoms with Crippen LogP contribution in [0.5, 0.6) is 5.75 Å². The lowest BCUT2D eigenvalue weighted by Gasteiger charge is -2.10. The van der Waals surface area contributed by atoms with E-state index in [2.05, 4.69) is 15.4 Å². The number of hydrogen-bond acceptors (Lipinski definition) is 5. The van der Waals surface area contributed by atoms with Gasteiger partial charge in [0.25, 0.3) is 5.91 Å². The van der Waals surface area contributed by atoms with Crippen LogP contribution in [0.1, 0.15) is 28.8 Å². The van der Waals surface area contributed by atoms with Crippen molar-refractivity contribution >= 4 is 23.5 Å². The molecule has 0 bridgehead atoms. The number of carbonyl (C=O) groups excluding carboxylic acids is 3. The van der Waals surface area contributed by atoms with Crippen LogP contribution in [-0.4, -0.2) is 31.5 Å². The van der Waals surface area contributed by atoms with Gasteiger partial charge in [0.05, 0.1) is 12.7 Å². The Morgan fingerprint density at radius 1 is 1.07 bits per heavy atom. The number of anilines is 1. The van der Waals surface area contributed by atoms with E-state index in [1.165, 1.54) is 7.11 Å². The summed E-state index contributed by atoms with van der Waals surface area (Å²) >= 11 is 0. The first-order valence-corrected chi connectivity index (χ1v) is 9.03. The average molecular weight is 382 g/mol. The highest BCUT2D eigenvalue weighted by Gasteiger charge is 2.29. The molecule has 0 heterocycles. The number of ether oxygens (including phenoxy) is 2. The summed E-state index contributed by atoms with van der Waals surface area (Å²) in [5, 5.41) is 5.59. The van der Waals surface area contributed by atoms with E-state index in [1.54, 1.807) is 48.5 Å². The van der Waals surface area contributed by atoms with Crippen molar-refractivity contribution in [2.45, 2.75) is 19.4 Å². The number of amides is 2. The topological polar surface area (TPSA) is 93.7 Å². The molecule has 3 rings (SSSR count). The molecule has 2 N–H and O–H groups in total. The molecule has 2 aromatic rings. The maximum Gasteiger partial charge on any atom is 0.337 e. The maximum atomic E-state index is 12.0. The molecular formula is C21H22N2O5. The molecule has 0 unspecified atom stereocenters. The van der Waals surface area contributed by atoms with Crippen molar-refractivity contribution in [2.75, 3.05) is 19.0 Å². The van der Waals surface area contributed by atoms with E-state index in [1.807, 2.05) is 0 Å². The highest BCUT2D eigenvalue weighted by atomic mass is 16.5. The summed E-state index contributed by atoms with van der Waals surface area (Å²) in [7, 11) is 1.33. The largest absolute Gasteiger partial charge is 0.484 e. The molecule has 0 radical (unpaired) electrons. The summed E-state index contributed by atoms with van der Waals surface area (Å²) in [6, 6.07) is 13.8. The number of carbonyl (C=O) groups is 3. The third kappa shape index (κ3) is 5.57. The predicted molar refractivity (Wildman–Crippen MR) is 103 cm³/mol. The first-order valence-electron chi connectivity index (χ1n) is 9.03. The van der Waals surface area contributed by atoms with Gasteiger partial charge in [0, 0.05) is 24.2 Å². The van der Waals surface area contributed by atoms with Crippen LogP contribution in [0.3, 0.4) is 0 Å². The van der Waals surface area contributed by atoms with E-state index in [0.717, 1.165) is 18.4 Å². The Morgan fingerprint density at radius 3 is 2.50 bits per heavy atom. The lowest BCUT2D eigenvalue weighted by Crippen LogP contribution is -2.28. The van der Waals surface area contributed by atoms with Gasteiger partial charge in [0.15, 0.2) is 6.61 Å². The zero-order valence-corrected chi connectivity index (χ0v) is 15.6. The molecule has 0 saturated heterocycles. The Hall–Kier alpha value is -3.35. The molecule has 146 valence electrons. The molecule has 0 aliphatic heterocycles. The van der Waals surface area contributed by atoms with Crippen LogP contribution in [0.25, 0.3) is 0 Å². The first kappa shape index (κ1) is 19.4. The molecule has 0 spiro atoms. The van der Waals surface area contributed by atoms with Crippen molar-refractivity contribution in [3.63, 3.8) is 0 Å². The first-order chi connectivity index (χ1) is 13.5. The Morgan fingerprint density at radius 2 is 1.82 bits per heavy atom. The fourth-order valence-corrected chi connectivity index (χ4v) is 2.53. The van der Waals surface area contributed by atoms with E-state index < -0.39 is 5.97 Å². The SMILES string of the molecule is COC(=O)c1ccc(CNC(=O)COc2cccc(NC(=O)C3CC3)c2)cc1. The van der Waals surface area contributed by atoms with E-state index in [9.17, 15) is 14.4 Å². The molecule has 1 fully saturated rings. The molecule has 28 heavy (non-hydrogen) atoms. The van der Waals surface area contributed by atoms with Gasteiger partial charge in [-0.1, -0.05) is 18.2 Å². The molecule has 1 aliphatic carbocycles. The standard InChI is InChI=1S/C21H22N2O5/c1-27-21(26)16-7-5-14(6-8-16)12-22-19(24)13-28-18-4-2-3-17(11-18)23-20(25)15-9-10-15/h2-8,11,15H,9-10,12-13H2,1H3,(H,22,24)(H,23,25). The van der Waals surface area contributed by atoms with Gasteiger partial charge < -0.3 is 20.1 Å². The van der Waals surface area contributed by atoms with Gasteiger partial charge in [-0.15, -0.1) is 0 Å². The van der Waals surface area contributed by atoms with Crippen LogP contribution in [0.2, 0.25) is 0 Å². The molecular weight excluding hydrogens is 360 g/mol. The number of nitrogens with one attached hydrogen (secondary N) is 2. The second kappa shape index (κ2) is 9.03. The number of hydrogen-bond donors (Lipinski definition) is 2. The zero-order valence-electron chi connectivity index (χ0n) is 15.6. The second-order valence-electron chi connectivity index (χ2n) is 6.55. The van der Waals surface area contributed by atoms with Crippen molar-refractivity contribution in [3.8, 4) is 5.75 Å². The van der Waals surface area contributed by atoms with Crippen LogP contribution in [-0.2, 0) is 20.9 Å². The molecule has 7 nitrogen and oxygen atoms in total. The molecule has 2 amide bonds. The Labute approximate surface area is 163 Å². The highest BCUT2D eigenvalue weighted by Crippen LogP contribution is 2.30. The molecule has 1 saturated carbocycles. The summed E-state index contributed by atoms with van der Waals surface area (Å²) in [5.41, 5.74) is 1.96. The van der Waals surface area contributed by atoms with Crippen molar-refractivity contribution in [1.29, 1.82) is 0 Å². The molecule has 7 heteroatoms. The Bertz CT molecular complexity index is 859. The van der Waals surface area contributed by atoms with E-state index in [0.29, 0.717) is 23.5 Å². The lowest BCUT2D eigenvalue weighted by molar-refractivity contribution is -0.123. The monoisotopic (exact) mass is 382 g/mol. The minimum Gasteiger partial charge on any atom is -0.484 e. The van der Waals surface area contributed by atoms with E-state index in [-0.39, 0.29) is 24.3 Å². The fraction of sp³-hybridized carbons (Fsp3) is 0.286. The number of rotatable bonds is 8.